The number of anilines is 1. The molecule has 0 saturated carbocycles. The number of nitrogen functional groups attached to an aromatic ring is 1. The van der Waals surface area contributed by atoms with Gasteiger partial charge in [-0.1, -0.05) is 0 Å². The Labute approximate surface area is 134 Å². The number of fused-ring (bicyclic) bond motifs is 2. The summed E-state index contributed by atoms with van der Waals surface area (Å²) in [5.74, 6) is 0.00242. The average Bonchev–Trinajstić information content (AvgIpc) is 2.88. The summed E-state index contributed by atoms with van der Waals surface area (Å²) in [5, 5.41) is 0.842. The van der Waals surface area contributed by atoms with Crippen LogP contribution in [0.5, 0.6) is 0 Å². The fraction of sp³-hybridized carbons (Fsp3) is 0.263. The zero-order valence-corrected chi connectivity index (χ0v) is 13.1. The molecule has 0 atom stereocenters. The first kappa shape index (κ1) is 14.0. The van der Waals surface area contributed by atoms with Gasteiger partial charge in [0.1, 0.15) is 5.58 Å². The van der Waals surface area contributed by atoms with Gasteiger partial charge >= 0.3 is 0 Å². The van der Waals surface area contributed by atoms with E-state index in [1.165, 1.54) is 24.0 Å². The van der Waals surface area contributed by atoms with Gasteiger partial charge in [-0.15, -0.1) is 0 Å². The number of aromatic nitrogens is 1. The van der Waals surface area contributed by atoms with Crippen molar-refractivity contribution in [1.29, 1.82) is 0 Å². The number of ketones is 1. The van der Waals surface area contributed by atoms with Gasteiger partial charge < -0.3 is 10.2 Å². The van der Waals surface area contributed by atoms with Crippen LogP contribution >= 0.6 is 0 Å². The Balaban J connectivity index is 1.84. The predicted molar refractivity (Wildman–Crippen MR) is 89.7 cm³/mol. The number of nitrogens with two attached hydrogens (primary N) is 1. The molecule has 4 nitrogen and oxygen atoms in total. The molecule has 116 valence electrons. The first-order valence-electron chi connectivity index (χ1n) is 7.93. The smallest absolute Gasteiger partial charge is 0.231 e. The molecule has 4 rings (SSSR count). The van der Waals surface area contributed by atoms with Crippen LogP contribution in [0.1, 0.15) is 45.7 Å². The number of hydrogen-bond acceptors (Lipinski definition) is 4. The normalized spacial score (nSPS) is 14.0. The number of rotatable bonds is 2. The third-order valence-corrected chi connectivity index (χ3v) is 4.53. The molecular weight excluding hydrogens is 288 g/mol. The molecule has 4 heteroatoms. The van der Waals surface area contributed by atoms with Gasteiger partial charge in [-0.25, -0.2) is 0 Å². The lowest BCUT2D eigenvalue weighted by Gasteiger charge is -2.14. The Morgan fingerprint density at radius 2 is 1.87 bits per heavy atom. The lowest BCUT2D eigenvalue weighted by atomic mass is 9.90. The highest BCUT2D eigenvalue weighted by Crippen LogP contribution is 2.34. The Morgan fingerprint density at radius 1 is 1.13 bits per heavy atom. The number of aryl methyl sites for hydroxylation is 3. The van der Waals surface area contributed by atoms with Crippen LogP contribution in [0.15, 0.2) is 35.0 Å². The van der Waals surface area contributed by atoms with Gasteiger partial charge in [-0.2, -0.15) is 0 Å². The van der Waals surface area contributed by atoms with Crippen LogP contribution < -0.4 is 5.73 Å². The van der Waals surface area contributed by atoms with Gasteiger partial charge in [0, 0.05) is 23.3 Å². The number of furan rings is 1. The Kier molecular flexibility index (Phi) is 3.18. The second-order valence-corrected chi connectivity index (χ2v) is 6.25. The van der Waals surface area contributed by atoms with Crippen molar-refractivity contribution in [2.45, 2.75) is 32.6 Å². The molecule has 0 aliphatic heterocycles. The summed E-state index contributed by atoms with van der Waals surface area (Å²) in [7, 11) is 0. The molecule has 0 amide bonds. The van der Waals surface area contributed by atoms with Gasteiger partial charge in [-0.05, 0) is 67.5 Å². The second kappa shape index (κ2) is 5.23. The number of carbonyl (C=O) groups excluding carboxylic acids is 1. The summed E-state index contributed by atoms with van der Waals surface area (Å²) >= 11 is 0. The monoisotopic (exact) mass is 306 g/mol. The van der Waals surface area contributed by atoms with Crippen LogP contribution in [-0.2, 0) is 12.8 Å². The Hall–Kier alpha value is -2.62. The maximum absolute atomic E-state index is 12.7. The van der Waals surface area contributed by atoms with Gasteiger partial charge in [0.15, 0.2) is 5.76 Å². The molecule has 3 aromatic rings. The van der Waals surface area contributed by atoms with Crippen LogP contribution in [0.25, 0.3) is 11.0 Å². The molecule has 1 aromatic carbocycles. The summed E-state index contributed by atoms with van der Waals surface area (Å²) in [6.07, 6.45) is 7.81. The van der Waals surface area contributed by atoms with Crippen molar-refractivity contribution in [3.8, 4) is 0 Å². The van der Waals surface area contributed by atoms with E-state index in [2.05, 4.69) is 11.1 Å². The SMILES string of the molecule is Cc1cncc(C(=O)c2oc3cc4c(cc3c2N)CCCC4)c1. The maximum atomic E-state index is 12.7. The third-order valence-electron chi connectivity index (χ3n) is 4.53. The maximum Gasteiger partial charge on any atom is 0.231 e. The van der Waals surface area contributed by atoms with Crippen molar-refractivity contribution in [3.05, 3.63) is 58.6 Å². The van der Waals surface area contributed by atoms with Crippen LogP contribution in [0.4, 0.5) is 5.69 Å². The van der Waals surface area contributed by atoms with E-state index in [1.54, 1.807) is 18.5 Å². The largest absolute Gasteiger partial charge is 0.450 e. The molecule has 2 heterocycles. The third kappa shape index (κ3) is 2.31. The highest BCUT2D eigenvalue weighted by molar-refractivity contribution is 6.14. The minimum absolute atomic E-state index is 0.215. The molecule has 0 saturated heterocycles. The highest BCUT2D eigenvalue weighted by Gasteiger charge is 2.22. The van der Waals surface area contributed by atoms with Crippen molar-refractivity contribution in [3.63, 3.8) is 0 Å². The highest BCUT2D eigenvalue weighted by atomic mass is 16.3. The molecule has 2 aromatic heterocycles. The van der Waals surface area contributed by atoms with Crippen LogP contribution in [0.3, 0.4) is 0 Å². The summed E-state index contributed by atoms with van der Waals surface area (Å²) in [5.41, 5.74) is 11.4. The van der Waals surface area contributed by atoms with E-state index in [1.807, 2.05) is 13.0 Å². The Morgan fingerprint density at radius 3 is 2.61 bits per heavy atom. The number of carbonyl (C=O) groups is 1. The molecular formula is C19H18N2O2. The van der Waals surface area contributed by atoms with Crippen LogP contribution in [0.2, 0.25) is 0 Å². The van der Waals surface area contributed by atoms with Crippen LogP contribution in [-0.4, -0.2) is 10.8 Å². The molecule has 0 unspecified atom stereocenters. The minimum atomic E-state index is -0.215. The standard InChI is InChI=1S/C19H18N2O2/c1-11-6-14(10-21-9-11)18(22)19-17(20)15-7-12-4-2-3-5-13(12)8-16(15)23-19/h6-10H,2-5,20H2,1H3. The topological polar surface area (TPSA) is 69.1 Å². The number of nitrogens with zero attached hydrogens (tertiary/aromatic N) is 1. The van der Waals surface area contributed by atoms with Gasteiger partial charge in [0.05, 0.1) is 5.69 Å². The Bertz CT molecular complexity index is 925. The lowest BCUT2D eigenvalue weighted by Crippen LogP contribution is -2.04. The summed E-state index contributed by atoms with van der Waals surface area (Å²) in [4.78, 5) is 16.8. The van der Waals surface area contributed by atoms with E-state index in [0.29, 0.717) is 16.8 Å². The molecule has 0 bridgehead atoms. The van der Waals surface area contributed by atoms with E-state index in [-0.39, 0.29) is 11.5 Å². The molecule has 0 spiro atoms. The first-order valence-corrected chi connectivity index (χ1v) is 7.93. The van der Waals surface area contributed by atoms with Crippen molar-refractivity contribution >= 4 is 22.4 Å². The van der Waals surface area contributed by atoms with Gasteiger partial charge in [-0.3, -0.25) is 9.78 Å². The zero-order valence-electron chi connectivity index (χ0n) is 13.1. The lowest BCUT2D eigenvalue weighted by molar-refractivity contribution is 0.101. The average molecular weight is 306 g/mol. The van der Waals surface area contributed by atoms with Crippen molar-refractivity contribution in [2.24, 2.45) is 0 Å². The summed E-state index contributed by atoms with van der Waals surface area (Å²) < 4.78 is 5.82. The minimum Gasteiger partial charge on any atom is -0.450 e. The first-order chi connectivity index (χ1) is 11.1. The fourth-order valence-corrected chi connectivity index (χ4v) is 3.32. The second-order valence-electron chi connectivity index (χ2n) is 6.25. The molecule has 1 aliphatic rings. The summed E-state index contributed by atoms with van der Waals surface area (Å²) in [6, 6.07) is 5.94. The zero-order chi connectivity index (χ0) is 16.0. The van der Waals surface area contributed by atoms with Gasteiger partial charge in [0.2, 0.25) is 5.78 Å². The molecule has 2 N–H and O–H groups in total. The van der Waals surface area contributed by atoms with E-state index in [0.717, 1.165) is 23.8 Å². The van der Waals surface area contributed by atoms with E-state index in [4.69, 9.17) is 10.2 Å². The number of benzene rings is 1. The molecule has 0 fully saturated rings. The van der Waals surface area contributed by atoms with Crippen molar-refractivity contribution in [2.75, 3.05) is 5.73 Å². The predicted octanol–water partition coefficient (Wildman–Crippen LogP) is 3.83. The van der Waals surface area contributed by atoms with Crippen molar-refractivity contribution < 1.29 is 9.21 Å². The van der Waals surface area contributed by atoms with Crippen molar-refractivity contribution in [1.82, 2.24) is 4.98 Å². The van der Waals surface area contributed by atoms with Gasteiger partial charge in [0.25, 0.3) is 0 Å². The number of hydrogen-bond donors (Lipinski definition) is 1. The van der Waals surface area contributed by atoms with Crippen LogP contribution in [0, 0.1) is 6.92 Å². The number of pyridine rings is 1. The summed E-state index contributed by atoms with van der Waals surface area (Å²) in [6.45, 7) is 1.90. The van der Waals surface area contributed by atoms with E-state index < -0.39 is 0 Å². The molecule has 1 aliphatic carbocycles. The van der Waals surface area contributed by atoms with E-state index >= 15 is 0 Å². The molecule has 23 heavy (non-hydrogen) atoms. The quantitative estimate of drug-likeness (QED) is 0.731. The fourth-order valence-electron chi connectivity index (χ4n) is 3.32. The van der Waals surface area contributed by atoms with E-state index in [9.17, 15) is 4.79 Å². The molecule has 0 radical (unpaired) electrons.